The molecule has 6 heteroatoms. The van der Waals surface area contributed by atoms with Crippen molar-refractivity contribution in [3.63, 3.8) is 0 Å². The maximum Gasteiger partial charge on any atom is 0.233 e. The average molecular weight is 368 g/mol. The zero-order valence-corrected chi connectivity index (χ0v) is 15.4. The highest BCUT2D eigenvalue weighted by Crippen LogP contribution is 2.25. The van der Waals surface area contributed by atoms with Gasteiger partial charge in [0, 0.05) is 24.3 Å². The fraction of sp³-hybridized carbons (Fsp3) is 0.500. The molecule has 1 N–H and O–H groups in total. The molecule has 1 aliphatic rings. The molecule has 1 saturated carbocycles. The summed E-state index contributed by atoms with van der Waals surface area (Å²) in [4.78, 5) is 0. The molecule has 0 atom stereocenters. The monoisotopic (exact) mass is 367 g/mol. The Labute approximate surface area is 153 Å². The Hall–Kier alpha value is -1.23. The van der Waals surface area contributed by atoms with Crippen molar-refractivity contribution in [2.24, 2.45) is 0 Å². The molecule has 1 aromatic heterocycles. The molecule has 1 aromatic carbocycles. The van der Waals surface area contributed by atoms with Gasteiger partial charge in [-0.15, -0.1) is 5.10 Å². The lowest BCUT2D eigenvalue weighted by molar-refractivity contribution is 0.280. The molecule has 0 bridgehead atoms. The molecule has 4 nitrogen and oxygen atoms in total. The Morgan fingerprint density at radius 1 is 1.17 bits per heavy atom. The van der Waals surface area contributed by atoms with Crippen molar-refractivity contribution in [1.29, 1.82) is 0 Å². The first kappa shape index (κ1) is 17.6. The lowest BCUT2D eigenvalue weighted by atomic mass is 9.96. The van der Waals surface area contributed by atoms with Gasteiger partial charge in [0.15, 0.2) is 0 Å². The number of aromatic nitrogens is 2. The summed E-state index contributed by atoms with van der Waals surface area (Å²) in [6.45, 7) is 3.46. The van der Waals surface area contributed by atoms with Gasteiger partial charge in [-0.2, -0.15) is 0 Å². The van der Waals surface area contributed by atoms with Gasteiger partial charge >= 0.3 is 0 Å². The van der Waals surface area contributed by atoms with Crippen LogP contribution in [0.15, 0.2) is 24.3 Å². The van der Waals surface area contributed by atoms with Crippen LogP contribution in [0.4, 0.5) is 0 Å². The third-order valence-electron chi connectivity index (χ3n) is 4.40. The van der Waals surface area contributed by atoms with E-state index in [1.807, 2.05) is 23.7 Å². The van der Waals surface area contributed by atoms with Crippen molar-refractivity contribution in [3.8, 4) is 11.6 Å². The van der Waals surface area contributed by atoms with Gasteiger partial charge in [0.05, 0.1) is 15.7 Å². The standard InChI is InChI=1S/C18H23Cl2N3O/c1-13-11-18(24-10-9-21-14-5-3-2-4-6-14)22-23(13)15-7-8-16(19)17(20)12-15/h7-8,11-12,14,21H,2-6,9-10H2,1H3. The van der Waals surface area contributed by atoms with Gasteiger partial charge in [-0.3, -0.25) is 0 Å². The molecule has 0 radical (unpaired) electrons. The number of aryl methyl sites for hydroxylation is 1. The van der Waals surface area contributed by atoms with Crippen LogP contribution in [0, 0.1) is 6.92 Å². The summed E-state index contributed by atoms with van der Waals surface area (Å²) in [5.41, 5.74) is 1.86. The predicted octanol–water partition coefficient (Wildman–Crippen LogP) is 4.79. The molecule has 24 heavy (non-hydrogen) atoms. The third-order valence-corrected chi connectivity index (χ3v) is 5.14. The molecule has 2 aromatic rings. The Balaban J connectivity index is 1.54. The first-order chi connectivity index (χ1) is 11.6. The van der Waals surface area contributed by atoms with Crippen LogP contribution in [-0.2, 0) is 0 Å². The smallest absolute Gasteiger partial charge is 0.233 e. The van der Waals surface area contributed by atoms with Gasteiger partial charge in [-0.05, 0) is 38.0 Å². The third kappa shape index (κ3) is 4.44. The SMILES string of the molecule is Cc1cc(OCCNC2CCCCC2)nn1-c1ccc(Cl)c(Cl)c1. The highest BCUT2D eigenvalue weighted by Gasteiger charge is 2.12. The number of hydrogen-bond acceptors (Lipinski definition) is 3. The zero-order valence-electron chi connectivity index (χ0n) is 13.9. The molecule has 1 fully saturated rings. The van der Waals surface area contributed by atoms with Crippen molar-refractivity contribution in [3.05, 3.63) is 40.0 Å². The first-order valence-electron chi connectivity index (χ1n) is 8.52. The minimum absolute atomic E-state index is 0.517. The summed E-state index contributed by atoms with van der Waals surface area (Å²) >= 11 is 12.1. The van der Waals surface area contributed by atoms with E-state index in [0.29, 0.717) is 28.6 Å². The predicted molar refractivity (Wildman–Crippen MR) is 98.7 cm³/mol. The molecule has 1 heterocycles. The molecule has 0 saturated heterocycles. The van der Waals surface area contributed by atoms with Crippen molar-refractivity contribution in [2.75, 3.05) is 13.2 Å². The van der Waals surface area contributed by atoms with Crippen molar-refractivity contribution in [1.82, 2.24) is 15.1 Å². The minimum Gasteiger partial charge on any atom is -0.475 e. The van der Waals surface area contributed by atoms with E-state index in [1.165, 1.54) is 32.1 Å². The van der Waals surface area contributed by atoms with Gasteiger partial charge in [-0.25, -0.2) is 4.68 Å². The number of halogens is 2. The van der Waals surface area contributed by atoms with Crippen molar-refractivity contribution < 1.29 is 4.74 Å². The minimum atomic E-state index is 0.517. The summed E-state index contributed by atoms with van der Waals surface area (Å²) < 4.78 is 7.59. The molecule has 3 rings (SSSR count). The molecule has 0 aliphatic heterocycles. The van der Waals surface area contributed by atoms with E-state index in [1.54, 1.807) is 12.1 Å². The van der Waals surface area contributed by atoms with Crippen LogP contribution in [0.5, 0.6) is 5.88 Å². The van der Waals surface area contributed by atoms with Crippen LogP contribution in [-0.4, -0.2) is 29.0 Å². The normalized spacial score (nSPS) is 15.6. The second-order valence-electron chi connectivity index (χ2n) is 6.27. The van der Waals surface area contributed by atoms with Gasteiger partial charge in [0.25, 0.3) is 0 Å². The van der Waals surface area contributed by atoms with Gasteiger partial charge < -0.3 is 10.1 Å². The summed E-state index contributed by atoms with van der Waals surface area (Å²) in [7, 11) is 0. The summed E-state index contributed by atoms with van der Waals surface area (Å²) in [5, 5.41) is 9.12. The molecule has 0 amide bonds. The number of nitrogens with zero attached hydrogens (tertiary/aromatic N) is 2. The maximum absolute atomic E-state index is 6.09. The summed E-state index contributed by atoms with van der Waals surface area (Å²) in [6.07, 6.45) is 6.62. The van der Waals surface area contributed by atoms with Crippen LogP contribution >= 0.6 is 23.2 Å². The topological polar surface area (TPSA) is 39.1 Å². The zero-order chi connectivity index (χ0) is 16.9. The first-order valence-corrected chi connectivity index (χ1v) is 9.27. The summed E-state index contributed by atoms with van der Waals surface area (Å²) in [5.74, 6) is 0.629. The number of nitrogens with one attached hydrogen (secondary N) is 1. The fourth-order valence-electron chi connectivity index (χ4n) is 3.12. The Bertz CT molecular complexity index is 681. The van der Waals surface area contributed by atoms with Crippen LogP contribution in [0.2, 0.25) is 10.0 Å². The summed E-state index contributed by atoms with van der Waals surface area (Å²) in [6, 6.07) is 8.05. The van der Waals surface area contributed by atoms with Crippen LogP contribution < -0.4 is 10.1 Å². The van der Waals surface area contributed by atoms with Crippen LogP contribution in [0.25, 0.3) is 5.69 Å². The second-order valence-corrected chi connectivity index (χ2v) is 7.09. The number of hydrogen-bond donors (Lipinski definition) is 1. The quantitative estimate of drug-likeness (QED) is 0.746. The molecule has 0 unspecified atom stereocenters. The lowest BCUT2D eigenvalue weighted by Crippen LogP contribution is -2.34. The number of rotatable bonds is 6. The number of ether oxygens (including phenoxy) is 1. The van der Waals surface area contributed by atoms with Gasteiger partial charge in [-0.1, -0.05) is 42.5 Å². The van der Waals surface area contributed by atoms with E-state index < -0.39 is 0 Å². The average Bonchev–Trinajstić information content (AvgIpc) is 2.96. The highest BCUT2D eigenvalue weighted by molar-refractivity contribution is 6.42. The Morgan fingerprint density at radius 3 is 2.71 bits per heavy atom. The van der Waals surface area contributed by atoms with Crippen molar-refractivity contribution in [2.45, 2.75) is 45.1 Å². The second kappa shape index (κ2) is 8.24. The van der Waals surface area contributed by atoms with Gasteiger partial charge in [0.1, 0.15) is 6.61 Å². The molecule has 130 valence electrons. The lowest BCUT2D eigenvalue weighted by Gasteiger charge is -2.22. The van der Waals surface area contributed by atoms with Gasteiger partial charge in [0.2, 0.25) is 5.88 Å². The van der Waals surface area contributed by atoms with Crippen LogP contribution in [0.3, 0.4) is 0 Å². The maximum atomic E-state index is 6.09. The highest BCUT2D eigenvalue weighted by atomic mass is 35.5. The number of benzene rings is 1. The Morgan fingerprint density at radius 2 is 1.96 bits per heavy atom. The molecule has 0 spiro atoms. The molecular weight excluding hydrogens is 345 g/mol. The van der Waals surface area contributed by atoms with E-state index in [9.17, 15) is 0 Å². The Kier molecular flexibility index (Phi) is 6.04. The largest absolute Gasteiger partial charge is 0.475 e. The van der Waals surface area contributed by atoms with E-state index in [4.69, 9.17) is 27.9 Å². The fourth-order valence-corrected chi connectivity index (χ4v) is 3.41. The van der Waals surface area contributed by atoms with E-state index in [0.717, 1.165) is 17.9 Å². The molecule has 1 aliphatic carbocycles. The van der Waals surface area contributed by atoms with Crippen LogP contribution in [0.1, 0.15) is 37.8 Å². The van der Waals surface area contributed by atoms with Crippen molar-refractivity contribution >= 4 is 23.2 Å². The molecular formula is C18H23Cl2N3O. The van der Waals surface area contributed by atoms with E-state index in [-0.39, 0.29) is 0 Å². The van der Waals surface area contributed by atoms with E-state index >= 15 is 0 Å². The van der Waals surface area contributed by atoms with E-state index in [2.05, 4.69) is 10.4 Å².